The lowest BCUT2D eigenvalue weighted by Crippen LogP contribution is -2.26. The molecule has 0 aliphatic heterocycles. The first-order valence-corrected chi connectivity index (χ1v) is 5.23. The zero-order valence-electron chi connectivity index (χ0n) is 8.76. The van der Waals surface area contributed by atoms with Crippen LogP contribution in [0.5, 0.6) is 0 Å². The molecule has 1 saturated carbocycles. The molecule has 0 spiro atoms. The molecule has 2 rings (SSSR count). The van der Waals surface area contributed by atoms with Gasteiger partial charge in [0.25, 0.3) is 5.92 Å². The van der Waals surface area contributed by atoms with E-state index in [-0.39, 0.29) is 13.0 Å². The molecule has 0 radical (unpaired) electrons. The minimum absolute atomic E-state index is 0.0193. The number of halogens is 2. The molecule has 0 saturated heterocycles. The minimum Gasteiger partial charge on any atom is -0.329 e. The minimum atomic E-state index is -2.62. The van der Waals surface area contributed by atoms with Crippen LogP contribution in [-0.2, 0) is 11.8 Å². The summed E-state index contributed by atoms with van der Waals surface area (Å²) in [5.41, 5.74) is 6.22. The van der Waals surface area contributed by atoms with Crippen molar-refractivity contribution in [1.29, 1.82) is 0 Å². The zero-order chi connectivity index (χ0) is 11.1. The lowest BCUT2D eigenvalue weighted by Gasteiger charge is -2.14. The van der Waals surface area contributed by atoms with Gasteiger partial charge in [-0.1, -0.05) is 31.2 Å². The first kappa shape index (κ1) is 10.6. The van der Waals surface area contributed by atoms with Crippen LogP contribution in [0.2, 0.25) is 0 Å². The van der Waals surface area contributed by atoms with E-state index in [0.29, 0.717) is 5.56 Å². The molecule has 1 nitrogen and oxygen atoms in total. The third-order valence-corrected chi connectivity index (χ3v) is 3.36. The molecule has 1 aromatic carbocycles. The molecule has 0 heterocycles. The molecule has 2 N–H and O–H groups in total. The molecule has 1 aliphatic rings. The average Bonchev–Trinajstić information content (AvgIpc) is 2.82. The van der Waals surface area contributed by atoms with Crippen molar-refractivity contribution in [2.45, 2.75) is 31.1 Å². The van der Waals surface area contributed by atoms with Gasteiger partial charge in [0.1, 0.15) is 0 Å². The maximum Gasteiger partial charge on any atom is 0.260 e. The van der Waals surface area contributed by atoms with E-state index in [0.717, 1.165) is 12.0 Å². The Balaban J connectivity index is 2.30. The molecule has 1 unspecified atom stereocenters. The maximum absolute atomic E-state index is 13.2. The average molecular weight is 211 g/mol. The summed E-state index contributed by atoms with van der Waals surface area (Å²) >= 11 is 0. The lowest BCUT2D eigenvalue weighted by atomic mass is 9.94. The summed E-state index contributed by atoms with van der Waals surface area (Å²) in [6, 6.07) is 7.38. The van der Waals surface area contributed by atoms with Crippen molar-refractivity contribution in [1.82, 2.24) is 0 Å². The van der Waals surface area contributed by atoms with E-state index in [2.05, 4.69) is 0 Å². The summed E-state index contributed by atoms with van der Waals surface area (Å²) in [5.74, 6) is -2.62. The van der Waals surface area contributed by atoms with Crippen LogP contribution >= 0.6 is 0 Å². The predicted molar refractivity (Wildman–Crippen MR) is 56.1 cm³/mol. The molecule has 1 aromatic rings. The van der Waals surface area contributed by atoms with Gasteiger partial charge in [-0.05, 0) is 17.5 Å². The van der Waals surface area contributed by atoms with E-state index in [1.807, 2.05) is 19.1 Å². The van der Waals surface area contributed by atoms with Gasteiger partial charge in [-0.2, -0.15) is 0 Å². The fourth-order valence-electron chi connectivity index (χ4n) is 2.05. The number of aryl methyl sites for hydroxylation is 1. The van der Waals surface area contributed by atoms with E-state index in [1.165, 1.54) is 0 Å². The van der Waals surface area contributed by atoms with E-state index < -0.39 is 11.3 Å². The zero-order valence-corrected chi connectivity index (χ0v) is 8.76. The molecule has 82 valence electrons. The van der Waals surface area contributed by atoms with Crippen LogP contribution in [0.1, 0.15) is 24.5 Å². The second-order valence-corrected chi connectivity index (χ2v) is 4.22. The number of hydrogen-bond acceptors (Lipinski definition) is 1. The summed E-state index contributed by atoms with van der Waals surface area (Å²) < 4.78 is 26.5. The number of hydrogen-bond donors (Lipinski definition) is 1. The van der Waals surface area contributed by atoms with Crippen LogP contribution in [0, 0.1) is 0 Å². The highest BCUT2D eigenvalue weighted by Crippen LogP contribution is 2.60. The molecule has 0 aromatic heterocycles. The van der Waals surface area contributed by atoms with Crippen LogP contribution in [-0.4, -0.2) is 12.5 Å². The van der Waals surface area contributed by atoms with Crippen molar-refractivity contribution in [2.24, 2.45) is 5.73 Å². The van der Waals surface area contributed by atoms with Crippen LogP contribution < -0.4 is 5.73 Å². The fraction of sp³-hybridized carbons (Fsp3) is 0.500. The fourth-order valence-corrected chi connectivity index (χ4v) is 2.05. The van der Waals surface area contributed by atoms with Gasteiger partial charge in [0.2, 0.25) is 0 Å². The topological polar surface area (TPSA) is 26.0 Å². The molecule has 1 fully saturated rings. The van der Waals surface area contributed by atoms with Crippen molar-refractivity contribution in [3.63, 3.8) is 0 Å². The van der Waals surface area contributed by atoms with E-state index in [4.69, 9.17) is 5.73 Å². The summed E-state index contributed by atoms with van der Waals surface area (Å²) in [5, 5.41) is 0. The summed E-state index contributed by atoms with van der Waals surface area (Å²) in [6.07, 6.45) is 0.814. The Labute approximate surface area is 88.3 Å². The molecule has 1 aliphatic carbocycles. The second-order valence-electron chi connectivity index (χ2n) is 4.22. The third-order valence-electron chi connectivity index (χ3n) is 3.36. The van der Waals surface area contributed by atoms with Gasteiger partial charge in [-0.25, -0.2) is 8.78 Å². The van der Waals surface area contributed by atoms with Crippen molar-refractivity contribution in [3.05, 3.63) is 35.4 Å². The molecule has 3 heteroatoms. The normalized spacial score (nSPS) is 27.7. The van der Waals surface area contributed by atoms with Gasteiger partial charge in [0.15, 0.2) is 0 Å². The monoisotopic (exact) mass is 211 g/mol. The van der Waals surface area contributed by atoms with Crippen molar-refractivity contribution in [3.8, 4) is 0 Å². The first-order chi connectivity index (χ1) is 7.05. The Morgan fingerprint density at radius 3 is 2.13 bits per heavy atom. The third kappa shape index (κ3) is 1.46. The first-order valence-electron chi connectivity index (χ1n) is 5.23. The van der Waals surface area contributed by atoms with Gasteiger partial charge >= 0.3 is 0 Å². The highest BCUT2D eigenvalue weighted by Gasteiger charge is 2.70. The molecular formula is C12H15F2N. The quantitative estimate of drug-likeness (QED) is 0.816. The number of benzene rings is 1. The molecule has 15 heavy (non-hydrogen) atoms. The van der Waals surface area contributed by atoms with Gasteiger partial charge in [-0.15, -0.1) is 0 Å². The Kier molecular flexibility index (Phi) is 2.30. The van der Waals surface area contributed by atoms with Crippen molar-refractivity contribution >= 4 is 0 Å². The summed E-state index contributed by atoms with van der Waals surface area (Å²) in [7, 11) is 0. The van der Waals surface area contributed by atoms with Gasteiger partial charge < -0.3 is 5.73 Å². The van der Waals surface area contributed by atoms with Gasteiger partial charge in [0, 0.05) is 13.0 Å². The maximum atomic E-state index is 13.2. The van der Waals surface area contributed by atoms with Gasteiger partial charge in [0.05, 0.1) is 5.41 Å². The molecule has 1 atom stereocenters. The highest BCUT2D eigenvalue weighted by atomic mass is 19.3. The Morgan fingerprint density at radius 1 is 1.27 bits per heavy atom. The summed E-state index contributed by atoms with van der Waals surface area (Å²) in [6.45, 7) is 2.06. The van der Waals surface area contributed by atoms with Crippen molar-refractivity contribution < 1.29 is 8.78 Å². The van der Waals surface area contributed by atoms with Gasteiger partial charge in [-0.3, -0.25) is 0 Å². The Bertz CT molecular complexity index is 358. The standard InChI is InChI=1S/C12H15F2N/c1-2-9-3-5-10(6-4-9)11(8-15)7-12(11,13)14/h3-6H,2,7-8,15H2,1H3. The Morgan fingerprint density at radius 2 is 1.80 bits per heavy atom. The van der Waals surface area contributed by atoms with Crippen LogP contribution in [0.15, 0.2) is 24.3 Å². The van der Waals surface area contributed by atoms with Crippen molar-refractivity contribution in [2.75, 3.05) is 6.54 Å². The number of rotatable bonds is 3. The van der Waals surface area contributed by atoms with Crippen LogP contribution in [0.25, 0.3) is 0 Å². The predicted octanol–water partition coefficient (Wildman–Crippen LogP) is 2.48. The Hall–Kier alpha value is -0.960. The second kappa shape index (κ2) is 3.27. The lowest BCUT2D eigenvalue weighted by molar-refractivity contribution is 0.0896. The number of alkyl halides is 2. The van der Waals surface area contributed by atoms with Crippen LogP contribution in [0.4, 0.5) is 8.78 Å². The molecule has 0 bridgehead atoms. The number of nitrogens with two attached hydrogens (primary N) is 1. The summed E-state index contributed by atoms with van der Waals surface area (Å²) in [4.78, 5) is 0. The largest absolute Gasteiger partial charge is 0.329 e. The van der Waals surface area contributed by atoms with Crippen LogP contribution in [0.3, 0.4) is 0 Å². The SMILES string of the molecule is CCc1ccc(C2(CN)CC2(F)F)cc1. The van der Waals surface area contributed by atoms with E-state index in [9.17, 15) is 8.78 Å². The van der Waals surface area contributed by atoms with E-state index in [1.54, 1.807) is 12.1 Å². The molecule has 0 amide bonds. The van der Waals surface area contributed by atoms with E-state index >= 15 is 0 Å². The molecular weight excluding hydrogens is 196 g/mol. The smallest absolute Gasteiger partial charge is 0.260 e. The highest BCUT2D eigenvalue weighted by molar-refractivity contribution is 5.39.